The highest BCUT2D eigenvalue weighted by Gasteiger charge is 2.11. The minimum atomic E-state index is -0.326. The second-order valence-corrected chi connectivity index (χ2v) is 3.46. The van der Waals surface area contributed by atoms with Gasteiger partial charge in [0.1, 0.15) is 5.82 Å². The maximum absolute atomic E-state index is 12.7. The van der Waals surface area contributed by atoms with E-state index >= 15 is 0 Å². The molecule has 0 saturated carbocycles. The van der Waals surface area contributed by atoms with Gasteiger partial charge in [0, 0.05) is 5.92 Å². The molecule has 0 aliphatic rings. The lowest BCUT2D eigenvalue weighted by Gasteiger charge is -2.13. The molecule has 0 saturated heterocycles. The van der Waals surface area contributed by atoms with Crippen LogP contribution in [0.25, 0.3) is 0 Å². The van der Waals surface area contributed by atoms with Gasteiger partial charge in [0.15, 0.2) is 0 Å². The van der Waals surface area contributed by atoms with Crippen molar-refractivity contribution in [3.63, 3.8) is 0 Å². The number of rotatable bonds is 3. The lowest BCUT2D eigenvalue weighted by atomic mass is 10.0. The molecular formula is C9H12FO2P. The van der Waals surface area contributed by atoms with Crippen molar-refractivity contribution >= 4 is 14.5 Å². The molecule has 0 aliphatic heterocycles. The van der Waals surface area contributed by atoms with Gasteiger partial charge in [-0.15, -0.1) is 9.24 Å². The van der Waals surface area contributed by atoms with Crippen LogP contribution in [-0.2, 0) is 0 Å². The van der Waals surface area contributed by atoms with E-state index < -0.39 is 0 Å². The van der Waals surface area contributed by atoms with Gasteiger partial charge in [-0.1, -0.05) is 6.07 Å². The Labute approximate surface area is 78.6 Å². The summed E-state index contributed by atoms with van der Waals surface area (Å²) in [6, 6.07) is 4.26. The number of benzene rings is 1. The molecule has 2 nitrogen and oxygen atoms in total. The smallest absolute Gasteiger partial charge is 0.123 e. The number of hydrogen-bond acceptors (Lipinski definition) is 2. The number of aliphatic hydroxyl groups excluding tert-OH is 2. The Morgan fingerprint density at radius 2 is 1.92 bits per heavy atom. The minimum absolute atomic E-state index is 0.135. The predicted octanol–water partition coefficient (Wildman–Crippen LogP) is 0.394. The van der Waals surface area contributed by atoms with E-state index in [1.807, 2.05) is 0 Å². The molecule has 0 aliphatic carbocycles. The molecule has 0 radical (unpaired) electrons. The van der Waals surface area contributed by atoms with Crippen LogP contribution < -0.4 is 5.30 Å². The van der Waals surface area contributed by atoms with Gasteiger partial charge in [-0.3, -0.25) is 0 Å². The molecule has 0 fully saturated rings. The lowest BCUT2D eigenvalue weighted by molar-refractivity contribution is 0.193. The zero-order chi connectivity index (χ0) is 9.84. The van der Waals surface area contributed by atoms with Crippen LogP contribution in [-0.4, -0.2) is 23.4 Å². The average Bonchev–Trinajstić information content (AvgIpc) is 2.10. The Morgan fingerprint density at radius 3 is 2.38 bits per heavy atom. The summed E-state index contributed by atoms with van der Waals surface area (Å²) in [5.41, 5.74) is 0.761. The fourth-order valence-corrected chi connectivity index (χ4v) is 1.66. The van der Waals surface area contributed by atoms with Crippen LogP contribution in [0.2, 0.25) is 0 Å². The molecule has 0 aromatic heterocycles. The van der Waals surface area contributed by atoms with E-state index in [9.17, 15) is 4.39 Å². The third kappa shape index (κ3) is 2.47. The van der Waals surface area contributed by atoms with Crippen molar-refractivity contribution in [1.82, 2.24) is 0 Å². The molecule has 1 atom stereocenters. The van der Waals surface area contributed by atoms with E-state index in [-0.39, 0.29) is 24.9 Å². The largest absolute Gasteiger partial charge is 0.396 e. The van der Waals surface area contributed by atoms with Crippen LogP contribution in [0.3, 0.4) is 0 Å². The summed E-state index contributed by atoms with van der Waals surface area (Å²) in [6.07, 6.45) is 0. The first-order chi connectivity index (χ1) is 6.19. The van der Waals surface area contributed by atoms with Crippen molar-refractivity contribution in [2.24, 2.45) is 0 Å². The van der Waals surface area contributed by atoms with Crippen molar-refractivity contribution in [1.29, 1.82) is 0 Å². The normalized spacial score (nSPS) is 10.8. The van der Waals surface area contributed by atoms with Crippen LogP contribution in [0.5, 0.6) is 0 Å². The highest BCUT2D eigenvalue weighted by Crippen LogP contribution is 2.15. The van der Waals surface area contributed by atoms with Crippen molar-refractivity contribution in [3.8, 4) is 0 Å². The van der Waals surface area contributed by atoms with Crippen LogP contribution in [0, 0.1) is 5.82 Å². The predicted molar refractivity (Wildman–Crippen MR) is 52.7 cm³/mol. The van der Waals surface area contributed by atoms with E-state index in [2.05, 4.69) is 9.24 Å². The maximum Gasteiger partial charge on any atom is 0.123 e. The zero-order valence-electron chi connectivity index (χ0n) is 7.07. The molecule has 2 N–H and O–H groups in total. The minimum Gasteiger partial charge on any atom is -0.396 e. The molecule has 0 amide bonds. The molecule has 72 valence electrons. The van der Waals surface area contributed by atoms with Gasteiger partial charge in [0.2, 0.25) is 0 Å². The summed E-state index contributed by atoms with van der Waals surface area (Å²) in [7, 11) is 2.39. The van der Waals surface area contributed by atoms with E-state index in [4.69, 9.17) is 10.2 Å². The first-order valence-corrected chi connectivity index (χ1v) is 4.53. The molecule has 0 bridgehead atoms. The monoisotopic (exact) mass is 202 g/mol. The highest BCUT2D eigenvalue weighted by molar-refractivity contribution is 7.27. The fraction of sp³-hybridized carbons (Fsp3) is 0.333. The first kappa shape index (κ1) is 10.6. The maximum atomic E-state index is 12.7. The SMILES string of the molecule is OCC(CO)c1ccc(F)cc1P. The van der Waals surface area contributed by atoms with Crippen molar-refractivity contribution in [2.75, 3.05) is 13.2 Å². The molecular weight excluding hydrogens is 190 g/mol. The number of halogens is 1. The van der Waals surface area contributed by atoms with Crippen LogP contribution in [0.4, 0.5) is 4.39 Å². The lowest BCUT2D eigenvalue weighted by Crippen LogP contribution is -2.15. The van der Waals surface area contributed by atoms with E-state index in [0.29, 0.717) is 5.30 Å². The average molecular weight is 202 g/mol. The third-order valence-electron chi connectivity index (χ3n) is 1.93. The van der Waals surface area contributed by atoms with Gasteiger partial charge in [-0.05, 0) is 23.0 Å². The summed E-state index contributed by atoms with van der Waals surface area (Å²) in [5.74, 6) is -0.642. The van der Waals surface area contributed by atoms with Gasteiger partial charge < -0.3 is 10.2 Å². The number of aliphatic hydroxyl groups is 2. The van der Waals surface area contributed by atoms with Gasteiger partial charge in [0.05, 0.1) is 13.2 Å². The van der Waals surface area contributed by atoms with E-state index in [1.165, 1.54) is 12.1 Å². The van der Waals surface area contributed by atoms with Gasteiger partial charge in [0.25, 0.3) is 0 Å². The summed E-state index contributed by atoms with van der Waals surface area (Å²) in [6.45, 7) is -0.271. The van der Waals surface area contributed by atoms with E-state index in [0.717, 1.165) is 5.56 Å². The molecule has 4 heteroatoms. The van der Waals surface area contributed by atoms with Gasteiger partial charge in [-0.2, -0.15) is 0 Å². The van der Waals surface area contributed by atoms with Crippen molar-refractivity contribution in [2.45, 2.75) is 5.92 Å². The second kappa shape index (κ2) is 4.66. The fourth-order valence-electron chi connectivity index (χ4n) is 1.17. The molecule has 1 aromatic rings. The summed E-state index contributed by atoms with van der Waals surface area (Å²) in [5, 5.41) is 18.5. The second-order valence-electron chi connectivity index (χ2n) is 2.84. The quantitative estimate of drug-likeness (QED) is 0.696. The molecule has 0 spiro atoms. The molecule has 13 heavy (non-hydrogen) atoms. The summed E-state index contributed by atoms with van der Waals surface area (Å²) < 4.78 is 12.7. The molecule has 1 aromatic carbocycles. The Morgan fingerprint density at radius 1 is 1.31 bits per heavy atom. The highest BCUT2D eigenvalue weighted by atomic mass is 31.0. The third-order valence-corrected chi connectivity index (χ3v) is 2.43. The Hall–Kier alpha value is -0.500. The Kier molecular flexibility index (Phi) is 3.79. The van der Waals surface area contributed by atoms with Crippen LogP contribution in [0.15, 0.2) is 18.2 Å². The molecule has 1 unspecified atom stereocenters. The first-order valence-electron chi connectivity index (χ1n) is 3.95. The standard InChI is InChI=1S/C9H12FO2P/c10-7-1-2-8(9(13)3-7)6(4-11)5-12/h1-3,6,11-12H,4-5,13H2. The number of hydrogen-bond donors (Lipinski definition) is 2. The molecule has 1 rings (SSSR count). The summed E-state index contributed by atoms with van der Waals surface area (Å²) >= 11 is 0. The summed E-state index contributed by atoms with van der Waals surface area (Å²) in [4.78, 5) is 0. The van der Waals surface area contributed by atoms with Crippen molar-refractivity contribution < 1.29 is 14.6 Å². The van der Waals surface area contributed by atoms with Crippen molar-refractivity contribution in [3.05, 3.63) is 29.6 Å². The van der Waals surface area contributed by atoms with Crippen LogP contribution >= 0.6 is 9.24 Å². The van der Waals surface area contributed by atoms with E-state index in [1.54, 1.807) is 6.07 Å². The Bertz CT molecular complexity index is 287. The molecule has 0 heterocycles. The van der Waals surface area contributed by atoms with Gasteiger partial charge >= 0.3 is 0 Å². The van der Waals surface area contributed by atoms with Crippen LogP contribution in [0.1, 0.15) is 11.5 Å². The Balaban J connectivity index is 2.99. The zero-order valence-corrected chi connectivity index (χ0v) is 8.23. The van der Waals surface area contributed by atoms with Gasteiger partial charge in [-0.25, -0.2) is 4.39 Å². The topological polar surface area (TPSA) is 40.5 Å².